The summed E-state index contributed by atoms with van der Waals surface area (Å²) in [6, 6.07) is 13.4. The van der Waals surface area contributed by atoms with Gasteiger partial charge >= 0.3 is 0 Å². The fourth-order valence-corrected chi connectivity index (χ4v) is 4.90. The second kappa shape index (κ2) is 10.2. The van der Waals surface area contributed by atoms with E-state index in [1.807, 2.05) is 18.5 Å². The van der Waals surface area contributed by atoms with Gasteiger partial charge in [0.15, 0.2) is 0 Å². The van der Waals surface area contributed by atoms with Crippen molar-refractivity contribution in [2.75, 3.05) is 40.0 Å². The minimum Gasteiger partial charge on any atom is -0.395 e. The van der Waals surface area contributed by atoms with Crippen LogP contribution >= 0.6 is 0 Å². The summed E-state index contributed by atoms with van der Waals surface area (Å²) in [7, 11) is 1.65. The van der Waals surface area contributed by atoms with Crippen LogP contribution in [0.15, 0.2) is 48.8 Å². The van der Waals surface area contributed by atoms with Crippen molar-refractivity contribution in [3.63, 3.8) is 0 Å². The molecule has 4 rings (SSSR count). The van der Waals surface area contributed by atoms with Crippen LogP contribution < -0.4 is 0 Å². The first-order valence-electron chi connectivity index (χ1n) is 10.9. The standard InChI is InChI=1S/C25H31N3O2/c1-30-15-5-7-20-8-10-22(11-9-20)25-23-18-27(17-21-6-4-12-26-16-21)13-2-3-14-28(23)24(25)19-29/h4,6,8-12,16,23-25,29H,2-3,13-15,17-19H2,1H3/t23-,24+,25+/m0/s1. The summed E-state index contributed by atoms with van der Waals surface area (Å²) in [6.07, 6.45) is 6.17. The number of nitrogens with zero attached hydrogens (tertiary/aromatic N) is 3. The third-order valence-electron chi connectivity index (χ3n) is 6.33. The quantitative estimate of drug-likeness (QED) is 0.775. The predicted molar refractivity (Wildman–Crippen MR) is 118 cm³/mol. The van der Waals surface area contributed by atoms with E-state index in [0.29, 0.717) is 18.6 Å². The van der Waals surface area contributed by atoms with Gasteiger partial charge in [-0.3, -0.25) is 14.8 Å². The number of rotatable bonds is 5. The molecule has 0 amide bonds. The highest BCUT2D eigenvalue weighted by molar-refractivity contribution is 5.39. The van der Waals surface area contributed by atoms with Crippen molar-refractivity contribution < 1.29 is 9.84 Å². The molecular formula is C25H31N3O2. The number of ether oxygens (including phenoxy) is 1. The number of hydrogen-bond acceptors (Lipinski definition) is 5. The lowest BCUT2D eigenvalue weighted by Crippen LogP contribution is -2.67. The average Bonchev–Trinajstić information content (AvgIpc) is 2.76. The van der Waals surface area contributed by atoms with E-state index in [1.165, 1.54) is 24.0 Å². The smallest absolute Gasteiger partial charge is 0.107 e. The topological polar surface area (TPSA) is 48.8 Å². The van der Waals surface area contributed by atoms with Crippen molar-refractivity contribution in [2.24, 2.45) is 0 Å². The van der Waals surface area contributed by atoms with Crippen LogP contribution in [0.1, 0.15) is 35.4 Å². The van der Waals surface area contributed by atoms with Crippen LogP contribution in [0, 0.1) is 11.8 Å². The summed E-state index contributed by atoms with van der Waals surface area (Å²) >= 11 is 0. The van der Waals surface area contributed by atoms with E-state index < -0.39 is 0 Å². The molecule has 0 spiro atoms. The molecule has 3 heterocycles. The number of pyridine rings is 1. The Hall–Kier alpha value is -2.23. The highest BCUT2D eigenvalue weighted by Crippen LogP contribution is 2.42. The van der Waals surface area contributed by atoms with Gasteiger partial charge in [0.2, 0.25) is 0 Å². The Morgan fingerprint density at radius 2 is 2.00 bits per heavy atom. The average molecular weight is 406 g/mol. The van der Waals surface area contributed by atoms with E-state index >= 15 is 0 Å². The number of aliphatic hydroxyl groups is 1. The normalized spacial score (nSPS) is 24.7. The highest BCUT2D eigenvalue weighted by Gasteiger charge is 2.48. The molecular weight excluding hydrogens is 374 g/mol. The van der Waals surface area contributed by atoms with Gasteiger partial charge in [-0.05, 0) is 55.3 Å². The fourth-order valence-electron chi connectivity index (χ4n) is 4.90. The molecule has 0 radical (unpaired) electrons. The molecule has 0 bridgehead atoms. The Morgan fingerprint density at radius 1 is 1.17 bits per heavy atom. The van der Waals surface area contributed by atoms with Crippen LogP contribution in [-0.2, 0) is 11.3 Å². The van der Waals surface area contributed by atoms with Crippen LogP contribution in [-0.4, -0.2) is 71.9 Å². The van der Waals surface area contributed by atoms with E-state index in [1.54, 1.807) is 7.11 Å². The number of aromatic nitrogens is 1. The van der Waals surface area contributed by atoms with E-state index in [0.717, 1.165) is 31.7 Å². The lowest BCUT2D eigenvalue weighted by molar-refractivity contribution is -0.0655. The van der Waals surface area contributed by atoms with E-state index in [9.17, 15) is 5.11 Å². The van der Waals surface area contributed by atoms with Crippen molar-refractivity contribution in [1.29, 1.82) is 0 Å². The van der Waals surface area contributed by atoms with Crippen LogP contribution in [0.5, 0.6) is 0 Å². The Labute approximate surface area is 179 Å². The second-order valence-corrected chi connectivity index (χ2v) is 8.24. The van der Waals surface area contributed by atoms with Crippen LogP contribution in [0.4, 0.5) is 0 Å². The van der Waals surface area contributed by atoms with E-state index in [2.05, 4.69) is 57.0 Å². The van der Waals surface area contributed by atoms with Gasteiger partial charge in [0, 0.05) is 56.2 Å². The summed E-state index contributed by atoms with van der Waals surface area (Å²) in [5, 5.41) is 10.1. The molecule has 2 saturated heterocycles. The Kier molecular flexibility index (Phi) is 7.14. The van der Waals surface area contributed by atoms with Gasteiger partial charge in [0.05, 0.1) is 6.61 Å². The van der Waals surface area contributed by atoms with Gasteiger partial charge in [-0.25, -0.2) is 0 Å². The zero-order valence-corrected chi connectivity index (χ0v) is 17.7. The van der Waals surface area contributed by atoms with Crippen molar-refractivity contribution in [1.82, 2.24) is 14.8 Å². The Balaban J connectivity index is 1.50. The van der Waals surface area contributed by atoms with Gasteiger partial charge in [-0.15, -0.1) is 0 Å². The first-order chi connectivity index (χ1) is 14.8. The minimum absolute atomic E-state index is 0.207. The molecule has 1 aromatic carbocycles. The van der Waals surface area contributed by atoms with Crippen molar-refractivity contribution in [3.8, 4) is 11.8 Å². The fraction of sp³-hybridized carbons (Fsp3) is 0.480. The Morgan fingerprint density at radius 3 is 2.73 bits per heavy atom. The number of fused-ring (bicyclic) bond motifs is 1. The minimum atomic E-state index is 0.207. The predicted octanol–water partition coefficient (Wildman–Crippen LogP) is 2.50. The summed E-state index contributed by atoms with van der Waals surface area (Å²) < 4.78 is 5.00. The molecule has 3 atom stereocenters. The Bertz CT molecular complexity index is 859. The van der Waals surface area contributed by atoms with Crippen molar-refractivity contribution in [3.05, 3.63) is 65.5 Å². The third-order valence-corrected chi connectivity index (χ3v) is 6.33. The summed E-state index contributed by atoms with van der Waals surface area (Å²) in [5.74, 6) is 6.49. The molecule has 0 saturated carbocycles. The number of methoxy groups -OCH3 is 1. The molecule has 2 aliphatic rings. The molecule has 0 aliphatic carbocycles. The summed E-state index contributed by atoms with van der Waals surface area (Å²) in [4.78, 5) is 9.35. The van der Waals surface area contributed by atoms with Crippen LogP contribution in [0.25, 0.3) is 0 Å². The lowest BCUT2D eigenvalue weighted by Gasteiger charge is -2.57. The zero-order chi connectivity index (χ0) is 20.8. The maximum Gasteiger partial charge on any atom is 0.107 e. The number of aliphatic hydroxyl groups excluding tert-OH is 1. The van der Waals surface area contributed by atoms with Gasteiger partial charge in [-0.1, -0.05) is 30.0 Å². The lowest BCUT2D eigenvalue weighted by atomic mass is 9.74. The van der Waals surface area contributed by atoms with E-state index in [4.69, 9.17) is 4.74 Å². The molecule has 0 unspecified atom stereocenters. The molecule has 2 aromatic rings. The number of hydrogen-bond donors (Lipinski definition) is 1. The zero-order valence-electron chi connectivity index (χ0n) is 17.7. The van der Waals surface area contributed by atoms with Crippen molar-refractivity contribution >= 4 is 0 Å². The molecule has 5 nitrogen and oxygen atoms in total. The largest absolute Gasteiger partial charge is 0.395 e. The maximum atomic E-state index is 10.1. The molecule has 158 valence electrons. The van der Waals surface area contributed by atoms with Gasteiger partial charge in [0.1, 0.15) is 6.61 Å². The van der Waals surface area contributed by atoms with Gasteiger partial charge < -0.3 is 9.84 Å². The maximum absolute atomic E-state index is 10.1. The highest BCUT2D eigenvalue weighted by atomic mass is 16.5. The monoisotopic (exact) mass is 405 g/mol. The summed E-state index contributed by atoms with van der Waals surface area (Å²) in [5.41, 5.74) is 3.57. The van der Waals surface area contributed by atoms with Crippen LogP contribution in [0.3, 0.4) is 0 Å². The first kappa shape index (κ1) is 21.0. The molecule has 1 N–H and O–H groups in total. The third kappa shape index (κ3) is 4.74. The molecule has 30 heavy (non-hydrogen) atoms. The number of benzene rings is 1. The second-order valence-electron chi connectivity index (χ2n) is 8.24. The van der Waals surface area contributed by atoms with Gasteiger partial charge in [0.25, 0.3) is 0 Å². The van der Waals surface area contributed by atoms with E-state index in [-0.39, 0.29) is 12.6 Å². The molecule has 5 heteroatoms. The first-order valence-corrected chi connectivity index (χ1v) is 10.9. The summed E-state index contributed by atoms with van der Waals surface area (Å²) in [6.45, 7) is 4.80. The van der Waals surface area contributed by atoms with Crippen molar-refractivity contribution in [2.45, 2.75) is 37.4 Å². The van der Waals surface area contributed by atoms with Crippen LogP contribution in [0.2, 0.25) is 0 Å². The molecule has 2 fully saturated rings. The van der Waals surface area contributed by atoms with Gasteiger partial charge in [-0.2, -0.15) is 0 Å². The molecule has 1 aromatic heterocycles. The molecule has 2 aliphatic heterocycles. The SMILES string of the molecule is COCC#Cc1ccc([C@H]2[C@@H](CO)N3CCCCN(Cc4cccnc4)C[C@@H]23)cc1.